The van der Waals surface area contributed by atoms with Crippen molar-refractivity contribution < 1.29 is 14.3 Å². The first-order valence-corrected chi connectivity index (χ1v) is 12.9. The number of ether oxygens (including phenoxy) is 1. The summed E-state index contributed by atoms with van der Waals surface area (Å²) in [5.74, 6) is 1.96. The molecule has 0 unspecified atom stereocenters. The van der Waals surface area contributed by atoms with Crippen molar-refractivity contribution in [2.24, 2.45) is 11.8 Å². The number of rotatable bonds is 11. The van der Waals surface area contributed by atoms with Gasteiger partial charge in [0, 0.05) is 31.3 Å². The number of carbonyl (C=O) groups is 2. The number of hydrogen-bond acceptors (Lipinski definition) is 7. The number of nitrogens with one attached hydrogen (secondary N) is 2. The molecule has 2 aromatic rings. The van der Waals surface area contributed by atoms with E-state index < -0.39 is 0 Å². The van der Waals surface area contributed by atoms with Gasteiger partial charge in [0.15, 0.2) is 0 Å². The first-order valence-electron chi connectivity index (χ1n) is 12.2. The molecule has 1 aliphatic rings. The number of carbonyl (C=O) groups excluding carboxylic acids is 2. The van der Waals surface area contributed by atoms with E-state index >= 15 is 0 Å². The van der Waals surface area contributed by atoms with Crippen molar-refractivity contribution in [1.82, 2.24) is 20.2 Å². The van der Waals surface area contributed by atoms with Crippen LogP contribution in [0.25, 0.3) is 0 Å². The van der Waals surface area contributed by atoms with Crippen molar-refractivity contribution in [3.63, 3.8) is 0 Å². The van der Waals surface area contributed by atoms with Gasteiger partial charge in [0.1, 0.15) is 11.5 Å². The molecule has 1 aromatic carbocycles. The highest BCUT2D eigenvalue weighted by Crippen LogP contribution is 2.36. The van der Waals surface area contributed by atoms with Crippen LogP contribution in [0, 0.1) is 11.8 Å². The summed E-state index contributed by atoms with van der Waals surface area (Å²) >= 11 is 3.60. The average molecular weight is 547 g/mol. The van der Waals surface area contributed by atoms with Crippen molar-refractivity contribution in [2.75, 3.05) is 39.6 Å². The molecule has 1 saturated carbocycles. The van der Waals surface area contributed by atoms with Gasteiger partial charge in [0.05, 0.1) is 23.0 Å². The molecule has 0 spiro atoms. The van der Waals surface area contributed by atoms with Crippen molar-refractivity contribution in [3.05, 3.63) is 40.1 Å². The van der Waals surface area contributed by atoms with E-state index in [0.717, 1.165) is 36.0 Å². The zero-order valence-corrected chi connectivity index (χ0v) is 22.7. The first kappa shape index (κ1) is 27.1. The Kier molecular flexibility index (Phi) is 10.0. The lowest BCUT2D eigenvalue weighted by molar-refractivity contribution is -0.118. The van der Waals surface area contributed by atoms with E-state index in [0.29, 0.717) is 47.8 Å². The largest absolute Gasteiger partial charge is 0.495 e. The Hall–Kier alpha value is -2.52. The van der Waals surface area contributed by atoms with Crippen molar-refractivity contribution in [2.45, 2.75) is 45.4 Å². The Balaban J connectivity index is 1.72. The zero-order chi connectivity index (χ0) is 25.4. The second-order valence-corrected chi connectivity index (χ2v) is 10.4. The molecule has 2 N–H and O–H groups in total. The fourth-order valence-electron chi connectivity index (χ4n) is 4.60. The molecule has 9 heteroatoms. The normalized spacial score (nSPS) is 17.8. The molecule has 0 radical (unpaired) electrons. The van der Waals surface area contributed by atoms with Crippen LogP contribution in [0.15, 0.2) is 28.9 Å². The standard InChI is InChI=1S/C26H36BrN5O3/c1-17(33)13-18-7-5-6-8-19(18)14-23-21(27)16-29-26(31-23)30-22-10-9-20(15-24(22)35-4)25(34)28-11-12-32(2)3/h9-10,15-16,18-19H,5-8,11-14H2,1-4H3,(H,28,34)(H,29,30,31)/t18-,19-/m0/s1. The highest BCUT2D eigenvalue weighted by molar-refractivity contribution is 9.10. The lowest BCUT2D eigenvalue weighted by atomic mass is 9.75. The van der Waals surface area contributed by atoms with Crippen molar-refractivity contribution >= 4 is 39.3 Å². The molecule has 0 saturated heterocycles. The van der Waals surface area contributed by atoms with Gasteiger partial charge in [-0.05, 0) is 86.2 Å². The van der Waals surface area contributed by atoms with Crippen LogP contribution >= 0.6 is 15.9 Å². The molecule has 8 nitrogen and oxygen atoms in total. The molecule has 35 heavy (non-hydrogen) atoms. The molecule has 1 amide bonds. The number of benzene rings is 1. The quantitative estimate of drug-likeness (QED) is 0.425. The maximum Gasteiger partial charge on any atom is 0.251 e. The maximum absolute atomic E-state index is 12.5. The monoisotopic (exact) mass is 545 g/mol. The minimum atomic E-state index is -0.147. The molecule has 1 aliphatic carbocycles. The zero-order valence-electron chi connectivity index (χ0n) is 21.1. The van der Waals surface area contributed by atoms with E-state index in [1.165, 1.54) is 12.8 Å². The van der Waals surface area contributed by atoms with Crippen LogP contribution in [-0.2, 0) is 11.2 Å². The Labute approximate surface area is 216 Å². The lowest BCUT2D eigenvalue weighted by Crippen LogP contribution is -2.31. The number of Topliss-reactive ketones (excluding diaryl/α,β-unsaturated/α-hetero) is 1. The molecule has 1 fully saturated rings. The summed E-state index contributed by atoms with van der Waals surface area (Å²) in [7, 11) is 5.50. The van der Waals surface area contributed by atoms with Gasteiger partial charge in [-0.3, -0.25) is 4.79 Å². The van der Waals surface area contributed by atoms with Crippen LogP contribution in [0.3, 0.4) is 0 Å². The third-order valence-electron chi connectivity index (χ3n) is 6.44. The van der Waals surface area contributed by atoms with E-state index in [9.17, 15) is 9.59 Å². The fraction of sp³-hybridized carbons (Fsp3) is 0.538. The van der Waals surface area contributed by atoms with Gasteiger partial charge < -0.3 is 25.1 Å². The van der Waals surface area contributed by atoms with Crippen molar-refractivity contribution in [1.29, 1.82) is 0 Å². The van der Waals surface area contributed by atoms with Crippen LogP contribution < -0.4 is 15.4 Å². The molecule has 1 aromatic heterocycles. The molecular weight excluding hydrogens is 510 g/mol. The molecule has 2 atom stereocenters. The van der Waals surface area contributed by atoms with Gasteiger partial charge in [0.2, 0.25) is 5.95 Å². The minimum absolute atomic E-state index is 0.147. The number of nitrogens with zero attached hydrogens (tertiary/aromatic N) is 3. The molecular formula is C26H36BrN5O3. The van der Waals surface area contributed by atoms with Crippen LogP contribution in [0.5, 0.6) is 5.75 Å². The summed E-state index contributed by atoms with van der Waals surface area (Å²) < 4.78 is 6.40. The third-order valence-corrected chi connectivity index (χ3v) is 7.11. The maximum atomic E-state index is 12.5. The SMILES string of the molecule is COc1cc(C(=O)NCCN(C)C)ccc1Nc1ncc(Br)c(C[C@@H]2CCCC[C@H]2CC(C)=O)n1. The van der Waals surface area contributed by atoms with Crippen LogP contribution in [-0.4, -0.2) is 60.9 Å². The Morgan fingerprint density at radius 1 is 1.20 bits per heavy atom. The molecule has 190 valence electrons. The number of halogens is 1. The number of amides is 1. The smallest absolute Gasteiger partial charge is 0.251 e. The summed E-state index contributed by atoms with van der Waals surface area (Å²) in [4.78, 5) is 35.4. The second-order valence-electron chi connectivity index (χ2n) is 9.50. The van der Waals surface area contributed by atoms with Crippen LogP contribution in [0.1, 0.15) is 55.1 Å². The Bertz CT molecular complexity index is 1030. The van der Waals surface area contributed by atoms with Gasteiger partial charge in [-0.15, -0.1) is 0 Å². The van der Waals surface area contributed by atoms with Gasteiger partial charge in [-0.25, -0.2) is 9.97 Å². The minimum Gasteiger partial charge on any atom is -0.495 e. The summed E-state index contributed by atoms with van der Waals surface area (Å²) in [6.45, 7) is 3.01. The number of ketones is 1. The predicted molar refractivity (Wildman–Crippen MR) is 141 cm³/mol. The van der Waals surface area contributed by atoms with Crippen molar-refractivity contribution in [3.8, 4) is 5.75 Å². The summed E-state index contributed by atoms with van der Waals surface area (Å²) in [6, 6.07) is 5.26. The molecule has 3 rings (SSSR count). The number of likely N-dealkylation sites (N-methyl/N-ethyl adjacent to an activating group) is 1. The van der Waals surface area contributed by atoms with Gasteiger partial charge >= 0.3 is 0 Å². The first-order chi connectivity index (χ1) is 16.8. The Morgan fingerprint density at radius 2 is 1.94 bits per heavy atom. The van der Waals surface area contributed by atoms with Gasteiger partial charge in [-0.1, -0.05) is 12.8 Å². The molecule has 0 aliphatic heterocycles. The van der Waals surface area contributed by atoms with E-state index in [1.54, 1.807) is 38.4 Å². The number of hydrogen-bond donors (Lipinski definition) is 2. The van der Waals surface area contributed by atoms with E-state index in [1.807, 2.05) is 19.0 Å². The highest BCUT2D eigenvalue weighted by atomic mass is 79.9. The molecule has 1 heterocycles. The summed E-state index contributed by atoms with van der Waals surface area (Å²) in [6.07, 6.45) is 7.80. The summed E-state index contributed by atoms with van der Waals surface area (Å²) in [5, 5.41) is 6.15. The summed E-state index contributed by atoms with van der Waals surface area (Å²) in [5.41, 5.74) is 2.13. The third kappa shape index (κ3) is 8.00. The number of aromatic nitrogens is 2. The van der Waals surface area contributed by atoms with Crippen LogP contribution in [0.4, 0.5) is 11.6 Å². The number of methoxy groups -OCH3 is 1. The van der Waals surface area contributed by atoms with E-state index in [-0.39, 0.29) is 11.7 Å². The molecule has 0 bridgehead atoms. The topological polar surface area (TPSA) is 96.5 Å². The average Bonchev–Trinajstić information content (AvgIpc) is 2.82. The van der Waals surface area contributed by atoms with Gasteiger partial charge in [0.25, 0.3) is 5.91 Å². The Morgan fingerprint density at radius 3 is 2.63 bits per heavy atom. The van der Waals surface area contributed by atoms with Crippen LogP contribution in [0.2, 0.25) is 0 Å². The number of anilines is 2. The predicted octanol–water partition coefficient (Wildman–Crippen LogP) is 4.61. The van der Waals surface area contributed by atoms with E-state index in [4.69, 9.17) is 9.72 Å². The fourth-order valence-corrected chi connectivity index (χ4v) is 4.95. The van der Waals surface area contributed by atoms with Gasteiger partial charge in [-0.2, -0.15) is 0 Å². The van der Waals surface area contributed by atoms with E-state index in [2.05, 4.69) is 31.5 Å². The highest BCUT2D eigenvalue weighted by Gasteiger charge is 2.27. The second kappa shape index (κ2) is 13.0. The lowest BCUT2D eigenvalue weighted by Gasteiger charge is -2.31.